The largest absolute Gasteiger partial charge is 0.381 e. The van der Waals surface area contributed by atoms with Gasteiger partial charge in [0.2, 0.25) is 5.91 Å². The van der Waals surface area contributed by atoms with E-state index in [4.69, 9.17) is 4.74 Å². The fourth-order valence-corrected chi connectivity index (χ4v) is 1.66. The Bertz CT molecular complexity index is 319. The van der Waals surface area contributed by atoms with Gasteiger partial charge in [-0.15, -0.1) is 0 Å². The highest BCUT2D eigenvalue weighted by Gasteiger charge is 2.05. The standard InChI is InChI=1S/C16H34N4O2/c1-6-14(4)20-15(21)8-10-19-16(17-5)18-9-7-11-22-12-13(2)3/h13-14H,6-12H2,1-5H3,(H,20,21)(H2,17,18,19). The third-order valence-corrected chi connectivity index (χ3v) is 3.10. The van der Waals surface area contributed by atoms with E-state index in [1.807, 2.05) is 6.92 Å². The van der Waals surface area contributed by atoms with Gasteiger partial charge < -0.3 is 20.7 Å². The maximum absolute atomic E-state index is 11.6. The summed E-state index contributed by atoms with van der Waals surface area (Å²) in [4.78, 5) is 15.8. The Morgan fingerprint density at radius 3 is 2.45 bits per heavy atom. The minimum Gasteiger partial charge on any atom is -0.381 e. The summed E-state index contributed by atoms with van der Waals surface area (Å²) in [7, 11) is 1.73. The van der Waals surface area contributed by atoms with E-state index < -0.39 is 0 Å². The Morgan fingerprint density at radius 1 is 1.18 bits per heavy atom. The van der Waals surface area contributed by atoms with Crippen molar-refractivity contribution in [3.05, 3.63) is 0 Å². The zero-order valence-electron chi connectivity index (χ0n) is 14.9. The summed E-state index contributed by atoms with van der Waals surface area (Å²) in [5.41, 5.74) is 0. The zero-order chi connectivity index (χ0) is 16.8. The van der Waals surface area contributed by atoms with Crippen molar-refractivity contribution in [3.8, 4) is 0 Å². The van der Waals surface area contributed by atoms with Gasteiger partial charge in [-0.2, -0.15) is 0 Å². The van der Waals surface area contributed by atoms with Crippen LogP contribution in [0.4, 0.5) is 0 Å². The molecule has 0 spiro atoms. The highest BCUT2D eigenvalue weighted by molar-refractivity contribution is 5.81. The lowest BCUT2D eigenvalue weighted by Crippen LogP contribution is -2.40. The minimum absolute atomic E-state index is 0.0689. The maximum Gasteiger partial charge on any atom is 0.221 e. The van der Waals surface area contributed by atoms with Gasteiger partial charge in [0, 0.05) is 45.8 Å². The van der Waals surface area contributed by atoms with Crippen molar-refractivity contribution in [2.45, 2.75) is 53.0 Å². The summed E-state index contributed by atoms with van der Waals surface area (Å²) < 4.78 is 5.52. The molecule has 0 heterocycles. The normalized spacial score (nSPS) is 13.1. The van der Waals surface area contributed by atoms with Crippen LogP contribution in [-0.4, -0.2) is 51.3 Å². The van der Waals surface area contributed by atoms with Crippen LogP contribution >= 0.6 is 0 Å². The van der Waals surface area contributed by atoms with Crippen LogP contribution in [0.3, 0.4) is 0 Å². The van der Waals surface area contributed by atoms with E-state index in [0.29, 0.717) is 18.9 Å². The lowest BCUT2D eigenvalue weighted by molar-refractivity contribution is -0.121. The van der Waals surface area contributed by atoms with Gasteiger partial charge in [0.1, 0.15) is 0 Å². The highest BCUT2D eigenvalue weighted by Crippen LogP contribution is 1.93. The third-order valence-electron chi connectivity index (χ3n) is 3.10. The van der Waals surface area contributed by atoms with E-state index in [1.54, 1.807) is 7.05 Å². The molecule has 130 valence electrons. The molecule has 0 aromatic rings. The number of nitrogens with zero attached hydrogens (tertiary/aromatic N) is 1. The minimum atomic E-state index is 0.0689. The van der Waals surface area contributed by atoms with Gasteiger partial charge in [-0.1, -0.05) is 20.8 Å². The predicted octanol–water partition coefficient (Wildman–Crippen LogP) is 1.52. The Labute approximate surface area is 135 Å². The molecule has 6 heteroatoms. The van der Waals surface area contributed by atoms with Crippen LogP contribution in [0, 0.1) is 5.92 Å². The number of guanidine groups is 1. The summed E-state index contributed by atoms with van der Waals surface area (Å²) in [6.45, 7) is 11.3. The topological polar surface area (TPSA) is 74.8 Å². The molecule has 6 nitrogen and oxygen atoms in total. The summed E-state index contributed by atoms with van der Waals surface area (Å²) in [5, 5.41) is 9.29. The predicted molar refractivity (Wildman–Crippen MR) is 92.2 cm³/mol. The van der Waals surface area contributed by atoms with Crippen molar-refractivity contribution >= 4 is 11.9 Å². The van der Waals surface area contributed by atoms with Gasteiger partial charge in [0.15, 0.2) is 5.96 Å². The number of carbonyl (C=O) groups excluding carboxylic acids is 1. The van der Waals surface area contributed by atoms with Crippen LogP contribution in [0.1, 0.15) is 47.0 Å². The second-order valence-corrected chi connectivity index (χ2v) is 5.87. The van der Waals surface area contributed by atoms with Crippen LogP contribution < -0.4 is 16.0 Å². The number of aliphatic imine (C=N–C) groups is 1. The van der Waals surface area contributed by atoms with Gasteiger partial charge in [-0.25, -0.2) is 0 Å². The van der Waals surface area contributed by atoms with E-state index in [1.165, 1.54) is 0 Å². The van der Waals surface area contributed by atoms with Crippen LogP contribution in [0.25, 0.3) is 0 Å². The van der Waals surface area contributed by atoms with Crippen molar-refractivity contribution in [2.24, 2.45) is 10.9 Å². The van der Waals surface area contributed by atoms with Crippen LogP contribution in [0.2, 0.25) is 0 Å². The van der Waals surface area contributed by atoms with E-state index in [9.17, 15) is 4.79 Å². The number of amides is 1. The zero-order valence-corrected chi connectivity index (χ0v) is 14.9. The molecule has 0 radical (unpaired) electrons. The molecule has 0 saturated carbocycles. The summed E-state index contributed by atoms with van der Waals surface area (Å²) in [5.74, 6) is 1.36. The average molecular weight is 314 g/mol. The van der Waals surface area contributed by atoms with Gasteiger partial charge >= 0.3 is 0 Å². The van der Waals surface area contributed by atoms with Gasteiger partial charge in [0.25, 0.3) is 0 Å². The molecule has 3 N–H and O–H groups in total. The van der Waals surface area contributed by atoms with Crippen molar-refractivity contribution < 1.29 is 9.53 Å². The number of ether oxygens (including phenoxy) is 1. The molecule has 0 rings (SSSR count). The first-order valence-corrected chi connectivity index (χ1v) is 8.31. The summed E-state index contributed by atoms with van der Waals surface area (Å²) in [6.07, 6.45) is 2.33. The first-order chi connectivity index (χ1) is 10.5. The van der Waals surface area contributed by atoms with Crippen molar-refractivity contribution in [3.63, 3.8) is 0 Å². The molecular weight excluding hydrogens is 280 g/mol. The average Bonchev–Trinajstić information content (AvgIpc) is 2.48. The lowest BCUT2D eigenvalue weighted by atomic mass is 10.2. The van der Waals surface area contributed by atoms with E-state index in [-0.39, 0.29) is 11.9 Å². The number of hydrogen-bond donors (Lipinski definition) is 3. The summed E-state index contributed by atoms with van der Waals surface area (Å²) >= 11 is 0. The number of carbonyl (C=O) groups is 1. The first-order valence-electron chi connectivity index (χ1n) is 8.31. The Balaban J connectivity index is 3.65. The van der Waals surface area contributed by atoms with Gasteiger partial charge in [-0.3, -0.25) is 9.79 Å². The molecule has 1 amide bonds. The second kappa shape index (κ2) is 13.4. The quantitative estimate of drug-likeness (QED) is 0.307. The number of rotatable bonds is 11. The fourth-order valence-electron chi connectivity index (χ4n) is 1.66. The molecule has 1 unspecified atom stereocenters. The first kappa shape index (κ1) is 20.7. The molecular formula is C16H34N4O2. The fraction of sp³-hybridized carbons (Fsp3) is 0.875. The van der Waals surface area contributed by atoms with Crippen LogP contribution in [0.5, 0.6) is 0 Å². The highest BCUT2D eigenvalue weighted by atomic mass is 16.5. The molecule has 0 aromatic carbocycles. The second-order valence-electron chi connectivity index (χ2n) is 5.87. The third kappa shape index (κ3) is 12.4. The Morgan fingerprint density at radius 2 is 1.86 bits per heavy atom. The van der Waals surface area contributed by atoms with E-state index in [0.717, 1.165) is 38.6 Å². The molecule has 0 saturated heterocycles. The van der Waals surface area contributed by atoms with Crippen molar-refractivity contribution in [1.82, 2.24) is 16.0 Å². The summed E-state index contributed by atoms with van der Waals surface area (Å²) in [6, 6.07) is 0.232. The SMILES string of the molecule is CCC(C)NC(=O)CCNC(=NC)NCCCOCC(C)C. The monoisotopic (exact) mass is 314 g/mol. The molecule has 0 aliphatic carbocycles. The van der Waals surface area contributed by atoms with E-state index >= 15 is 0 Å². The molecule has 0 aliphatic heterocycles. The Kier molecular flexibility index (Phi) is 12.6. The van der Waals surface area contributed by atoms with E-state index in [2.05, 4.69) is 41.7 Å². The molecule has 22 heavy (non-hydrogen) atoms. The Hall–Kier alpha value is -1.30. The van der Waals surface area contributed by atoms with Crippen molar-refractivity contribution in [1.29, 1.82) is 0 Å². The lowest BCUT2D eigenvalue weighted by Gasteiger charge is -2.14. The van der Waals surface area contributed by atoms with Gasteiger partial charge in [-0.05, 0) is 25.7 Å². The molecule has 0 fully saturated rings. The number of nitrogens with one attached hydrogen (secondary N) is 3. The molecule has 0 aromatic heterocycles. The van der Waals surface area contributed by atoms with Crippen LogP contribution in [0.15, 0.2) is 4.99 Å². The number of hydrogen-bond acceptors (Lipinski definition) is 3. The van der Waals surface area contributed by atoms with Gasteiger partial charge in [0.05, 0.1) is 0 Å². The van der Waals surface area contributed by atoms with Crippen LogP contribution in [-0.2, 0) is 9.53 Å². The smallest absolute Gasteiger partial charge is 0.221 e. The molecule has 0 aliphatic rings. The van der Waals surface area contributed by atoms with Crippen molar-refractivity contribution in [2.75, 3.05) is 33.4 Å². The maximum atomic E-state index is 11.6. The molecule has 0 bridgehead atoms. The molecule has 1 atom stereocenters.